The van der Waals surface area contributed by atoms with Crippen LogP contribution in [0.1, 0.15) is 57.9 Å². The molecule has 2 aliphatic rings. The number of amides is 2. The summed E-state index contributed by atoms with van der Waals surface area (Å²) in [5, 5.41) is 5.48. The highest BCUT2D eigenvalue weighted by molar-refractivity contribution is 6.04. The Hall–Kier alpha value is -3.36. The number of fused-ring (bicyclic) bond motifs is 1. The molecule has 9 heteroatoms. The van der Waals surface area contributed by atoms with Gasteiger partial charge in [-0.05, 0) is 64.3 Å². The lowest BCUT2D eigenvalue weighted by Crippen LogP contribution is -2.46. The van der Waals surface area contributed by atoms with Crippen molar-refractivity contribution in [3.8, 4) is 5.75 Å². The molecule has 1 aromatic carbocycles. The van der Waals surface area contributed by atoms with Gasteiger partial charge in [-0.25, -0.2) is 0 Å². The van der Waals surface area contributed by atoms with Gasteiger partial charge in [0, 0.05) is 24.2 Å². The van der Waals surface area contributed by atoms with Crippen molar-refractivity contribution in [1.82, 2.24) is 9.97 Å². The zero-order valence-electron chi connectivity index (χ0n) is 18.6. The second-order valence-electron chi connectivity index (χ2n) is 8.44. The van der Waals surface area contributed by atoms with Crippen molar-refractivity contribution in [2.45, 2.75) is 64.5 Å². The van der Waals surface area contributed by atoms with Crippen LogP contribution in [-0.2, 0) is 9.59 Å². The van der Waals surface area contributed by atoms with Crippen molar-refractivity contribution < 1.29 is 14.3 Å². The number of anilines is 3. The van der Waals surface area contributed by atoms with Crippen LogP contribution < -0.4 is 25.8 Å². The highest BCUT2D eigenvalue weighted by Gasteiger charge is 2.36. The molecule has 3 heterocycles. The molecule has 2 aromatic rings. The quantitative estimate of drug-likeness (QED) is 0.659. The maximum atomic E-state index is 13.1. The van der Waals surface area contributed by atoms with E-state index >= 15 is 0 Å². The predicted octanol–water partition coefficient (Wildman–Crippen LogP) is 3.00. The van der Waals surface area contributed by atoms with Crippen LogP contribution in [0.3, 0.4) is 0 Å². The summed E-state index contributed by atoms with van der Waals surface area (Å²) in [6, 6.07) is 7.38. The topological polar surface area (TPSA) is 116 Å². The van der Waals surface area contributed by atoms with Crippen molar-refractivity contribution in [2.75, 3.05) is 22.1 Å². The number of hydrogen-bond acceptors (Lipinski definition) is 6. The van der Waals surface area contributed by atoms with Crippen LogP contribution in [0.25, 0.3) is 0 Å². The van der Waals surface area contributed by atoms with E-state index in [-0.39, 0.29) is 35.8 Å². The molecule has 4 rings (SSSR count). The maximum Gasteiger partial charge on any atom is 0.258 e. The largest absolute Gasteiger partial charge is 0.494 e. The Balaban J connectivity index is 1.62. The molecular formula is C23H29N5O4. The minimum atomic E-state index is -0.924. The number of ether oxygens (including phenoxy) is 1. The monoisotopic (exact) mass is 439 g/mol. The number of aromatic nitrogens is 2. The Morgan fingerprint density at radius 1 is 1.19 bits per heavy atom. The van der Waals surface area contributed by atoms with Crippen LogP contribution in [0.5, 0.6) is 5.75 Å². The Morgan fingerprint density at radius 3 is 2.53 bits per heavy atom. The summed E-state index contributed by atoms with van der Waals surface area (Å²) in [5.74, 6) is -0.398. The first-order valence-electron chi connectivity index (χ1n) is 11.1. The molecule has 0 saturated carbocycles. The number of benzene rings is 1. The molecule has 0 spiro atoms. The van der Waals surface area contributed by atoms with E-state index in [4.69, 9.17) is 4.74 Å². The average Bonchev–Trinajstić information content (AvgIpc) is 2.74. The molecule has 1 fully saturated rings. The normalized spacial score (nSPS) is 22.7. The smallest absolute Gasteiger partial charge is 0.258 e. The second-order valence-corrected chi connectivity index (χ2v) is 8.44. The van der Waals surface area contributed by atoms with Crippen molar-refractivity contribution in [1.29, 1.82) is 0 Å². The third-order valence-corrected chi connectivity index (χ3v) is 6.13. The zero-order chi connectivity index (χ0) is 22.8. The van der Waals surface area contributed by atoms with E-state index in [0.29, 0.717) is 24.0 Å². The van der Waals surface area contributed by atoms with Gasteiger partial charge < -0.3 is 20.3 Å². The summed E-state index contributed by atoms with van der Waals surface area (Å²) in [6.45, 7) is 6.64. The maximum absolute atomic E-state index is 13.1. The number of H-pyrrole nitrogens is 1. The number of carbonyl (C=O) groups is 2. The lowest BCUT2D eigenvalue weighted by atomic mass is 9.92. The van der Waals surface area contributed by atoms with Gasteiger partial charge in [0.2, 0.25) is 17.8 Å². The van der Waals surface area contributed by atoms with Gasteiger partial charge in [-0.15, -0.1) is 0 Å². The first kappa shape index (κ1) is 21.9. The minimum Gasteiger partial charge on any atom is -0.494 e. The van der Waals surface area contributed by atoms with Gasteiger partial charge in [-0.1, -0.05) is 0 Å². The highest BCUT2D eigenvalue weighted by atomic mass is 16.5. The molecule has 2 aliphatic heterocycles. The van der Waals surface area contributed by atoms with Gasteiger partial charge in [0.1, 0.15) is 11.6 Å². The Labute approximate surface area is 186 Å². The van der Waals surface area contributed by atoms with Crippen LogP contribution in [0.2, 0.25) is 0 Å². The number of nitrogens with zero attached hydrogens (tertiary/aromatic N) is 2. The number of piperidine rings is 1. The Morgan fingerprint density at radius 2 is 1.88 bits per heavy atom. The molecule has 0 aliphatic carbocycles. The fraction of sp³-hybridized carbons (Fsp3) is 0.478. The molecule has 32 heavy (non-hydrogen) atoms. The van der Waals surface area contributed by atoms with E-state index in [1.807, 2.05) is 6.92 Å². The first-order valence-corrected chi connectivity index (χ1v) is 11.1. The molecule has 1 aromatic heterocycles. The molecule has 0 unspecified atom stereocenters. The average molecular weight is 440 g/mol. The summed E-state index contributed by atoms with van der Waals surface area (Å²) in [4.78, 5) is 48.0. The Bertz CT molecular complexity index is 1060. The molecule has 9 nitrogen and oxygen atoms in total. The van der Waals surface area contributed by atoms with Gasteiger partial charge in [-0.3, -0.25) is 19.4 Å². The Kier molecular flexibility index (Phi) is 6.16. The fourth-order valence-corrected chi connectivity index (χ4v) is 4.57. The van der Waals surface area contributed by atoms with E-state index in [0.717, 1.165) is 19.3 Å². The number of nitrogens with one attached hydrogen (secondary N) is 3. The number of rotatable bonds is 5. The molecular weight excluding hydrogens is 410 g/mol. The zero-order valence-corrected chi connectivity index (χ0v) is 18.6. The van der Waals surface area contributed by atoms with E-state index in [1.165, 1.54) is 0 Å². The van der Waals surface area contributed by atoms with Crippen molar-refractivity contribution >= 4 is 29.3 Å². The SMILES string of the molecule is CCOc1ccc(NC(=O)[C@H]2CC(=O)Nc3nc(N4[C@@H](C)CCC[C@@H]4C)[nH]c(=O)c32)cc1. The third kappa shape index (κ3) is 4.32. The number of hydrogen-bond donors (Lipinski definition) is 3. The van der Waals surface area contributed by atoms with E-state index < -0.39 is 17.4 Å². The summed E-state index contributed by atoms with van der Waals surface area (Å²) in [5.41, 5.74) is 0.346. The van der Waals surface area contributed by atoms with Crippen LogP contribution >= 0.6 is 0 Å². The summed E-state index contributed by atoms with van der Waals surface area (Å²) >= 11 is 0. The first-order chi connectivity index (χ1) is 15.4. The lowest BCUT2D eigenvalue weighted by Gasteiger charge is -2.39. The van der Waals surface area contributed by atoms with Crippen LogP contribution in [0.15, 0.2) is 29.1 Å². The lowest BCUT2D eigenvalue weighted by molar-refractivity contribution is -0.123. The van der Waals surface area contributed by atoms with E-state index in [1.54, 1.807) is 24.3 Å². The predicted molar refractivity (Wildman–Crippen MR) is 122 cm³/mol. The van der Waals surface area contributed by atoms with Crippen LogP contribution in [0, 0.1) is 0 Å². The number of aromatic amines is 1. The summed E-state index contributed by atoms with van der Waals surface area (Å²) < 4.78 is 5.41. The summed E-state index contributed by atoms with van der Waals surface area (Å²) in [7, 11) is 0. The van der Waals surface area contributed by atoms with Gasteiger partial charge >= 0.3 is 0 Å². The van der Waals surface area contributed by atoms with Gasteiger partial charge in [0.25, 0.3) is 5.56 Å². The second kappa shape index (κ2) is 9.02. The third-order valence-electron chi connectivity index (χ3n) is 6.13. The van der Waals surface area contributed by atoms with Gasteiger partial charge in [0.15, 0.2) is 0 Å². The van der Waals surface area contributed by atoms with Gasteiger partial charge in [-0.2, -0.15) is 4.98 Å². The molecule has 3 atom stereocenters. The fourth-order valence-electron chi connectivity index (χ4n) is 4.57. The molecule has 170 valence electrons. The minimum absolute atomic E-state index is 0.115. The van der Waals surface area contributed by atoms with Crippen molar-refractivity contribution in [3.63, 3.8) is 0 Å². The van der Waals surface area contributed by atoms with Crippen LogP contribution in [-0.4, -0.2) is 40.5 Å². The molecule has 0 bridgehead atoms. The molecule has 0 radical (unpaired) electrons. The standard InChI is InChI=1S/C23H29N5O4/c1-4-32-16-10-8-15(9-11-16)24-21(30)17-12-18(29)25-20-19(17)22(31)27-23(26-20)28-13(2)6-5-7-14(28)3/h8-11,13-14,17H,4-7,12H2,1-3H3,(H,24,30)(H2,25,26,27,29,31)/t13-,14-,17-/m0/s1. The molecule has 1 saturated heterocycles. The van der Waals surface area contributed by atoms with Crippen molar-refractivity contribution in [2.24, 2.45) is 0 Å². The molecule has 2 amide bonds. The van der Waals surface area contributed by atoms with Crippen LogP contribution in [0.4, 0.5) is 17.5 Å². The van der Waals surface area contributed by atoms with E-state index in [2.05, 4.69) is 39.3 Å². The molecule has 3 N–H and O–H groups in total. The van der Waals surface area contributed by atoms with Gasteiger partial charge in [0.05, 0.1) is 18.1 Å². The van der Waals surface area contributed by atoms with E-state index in [9.17, 15) is 14.4 Å². The highest BCUT2D eigenvalue weighted by Crippen LogP contribution is 2.32. The van der Waals surface area contributed by atoms with Crippen molar-refractivity contribution in [3.05, 3.63) is 40.2 Å². The summed E-state index contributed by atoms with van der Waals surface area (Å²) in [6.07, 6.45) is 3.02. The number of carbonyl (C=O) groups excluding carboxylic acids is 2.